The first kappa shape index (κ1) is 11.4. The Bertz CT molecular complexity index is 519. The molecule has 0 aliphatic rings. The molecule has 0 aliphatic heterocycles. The molecule has 0 atom stereocenters. The fraction of sp³-hybridized carbons (Fsp3) is 0.273. The van der Waals surface area contributed by atoms with Crippen LogP contribution in [0.4, 0.5) is 5.69 Å². The molecule has 1 aromatic carbocycles. The molecule has 0 unspecified atom stereocenters. The topological polar surface area (TPSA) is 56.7 Å². The number of hydrogen-bond acceptors (Lipinski definition) is 3. The molecule has 1 aromatic heterocycles. The summed E-state index contributed by atoms with van der Waals surface area (Å²) in [6.07, 6.45) is 0.831. The zero-order chi connectivity index (χ0) is 11.7. The monoisotopic (exact) mass is 328 g/mol. The lowest BCUT2D eigenvalue weighted by Gasteiger charge is -2.04. The third-order valence-electron chi connectivity index (χ3n) is 2.38. The van der Waals surface area contributed by atoms with Crippen LogP contribution < -0.4 is 5.73 Å². The molecule has 0 fully saturated rings. The molecule has 0 aliphatic carbocycles. The Morgan fingerprint density at radius 2 is 2.19 bits per heavy atom. The van der Waals surface area contributed by atoms with Crippen LogP contribution in [0.25, 0.3) is 11.4 Å². The highest BCUT2D eigenvalue weighted by Crippen LogP contribution is 2.25. The molecule has 0 saturated heterocycles. The average Bonchev–Trinajstić information content (AvgIpc) is 2.63. The molecule has 0 spiro atoms. The molecule has 0 amide bonds. The van der Waals surface area contributed by atoms with Crippen molar-refractivity contribution in [1.29, 1.82) is 0 Å². The summed E-state index contributed by atoms with van der Waals surface area (Å²) in [7, 11) is 1.89. The number of aromatic nitrogens is 3. The predicted molar refractivity (Wildman–Crippen MR) is 72.9 cm³/mol. The number of nitrogens with zero attached hydrogens (tertiary/aromatic N) is 3. The maximum Gasteiger partial charge on any atom is 0.160 e. The smallest absolute Gasteiger partial charge is 0.160 e. The normalized spacial score (nSPS) is 10.7. The van der Waals surface area contributed by atoms with Gasteiger partial charge in [0.25, 0.3) is 0 Å². The summed E-state index contributed by atoms with van der Waals surface area (Å²) < 4.78 is 2.92. The molecule has 0 bridgehead atoms. The van der Waals surface area contributed by atoms with E-state index in [0.717, 1.165) is 32.9 Å². The second-order valence-corrected chi connectivity index (χ2v) is 4.81. The number of nitrogens with two attached hydrogens (primary N) is 1. The van der Waals surface area contributed by atoms with Gasteiger partial charge >= 0.3 is 0 Å². The van der Waals surface area contributed by atoms with Crippen LogP contribution in [0.15, 0.2) is 18.2 Å². The molecule has 1 heterocycles. The average molecular weight is 328 g/mol. The molecule has 16 heavy (non-hydrogen) atoms. The quantitative estimate of drug-likeness (QED) is 0.679. The van der Waals surface area contributed by atoms with Crippen LogP contribution in [0.5, 0.6) is 0 Å². The van der Waals surface area contributed by atoms with Crippen LogP contribution in [0, 0.1) is 3.57 Å². The number of nitrogen functional groups attached to an aromatic ring is 1. The molecule has 2 aromatic rings. The molecular weight excluding hydrogens is 315 g/mol. The molecule has 0 radical (unpaired) electrons. The van der Waals surface area contributed by atoms with E-state index in [0.29, 0.717) is 0 Å². The lowest BCUT2D eigenvalue weighted by atomic mass is 10.2. The van der Waals surface area contributed by atoms with Crippen molar-refractivity contribution in [2.45, 2.75) is 13.3 Å². The minimum absolute atomic E-state index is 0.735. The van der Waals surface area contributed by atoms with E-state index in [1.54, 1.807) is 4.68 Å². The Kier molecular flexibility index (Phi) is 3.13. The summed E-state index contributed by atoms with van der Waals surface area (Å²) in [4.78, 5) is 4.47. The number of halogens is 1. The van der Waals surface area contributed by atoms with Crippen LogP contribution in [0.1, 0.15) is 12.7 Å². The van der Waals surface area contributed by atoms with Gasteiger partial charge in [0.1, 0.15) is 0 Å². The van der Waals surface area contributed by atoms with Gasteiger partial charge in [-0.15, -0.1) is 0 Å². The maximum absolute atomic E-state index is 5.96. The van der Waals surface area contributed by atoms with Crippen LogP contribution in [0.3, 0.4) is 0 Å². The van der Waals surface area contributed by atoms with Gasteiger partial charge in [-0.1, -0.05) is 6.92 Å². The largest absolute Gasteiger partial charge is 0.398 e. The number of hydrogen-bond donors (Lipinski definition) is 1. The zero-order valence-corrected chi connectivity index (χ0v) is 11.4. The molecule has 4 nitrogen and oxygen atoms in total. The third-order valence-corrected chi connectivity index (χ3v) is 3.05. The van der Waals surface area contributed by atoms with Crippen molar-refractivity contribution >= 4 is 28.3 Å². The van der Waals surface area contributed by atoms with Crippen LogP contribution in [-0.4, -0.2) is 14.8 Å². The van der Waals surface area contributed by atoms with Crippen LogP contribution in [-0.2, 0) is 13.5 Å². The summed E-state index contributed by atoms with van der Waals surface area (Å²) in [6.45, 7) is 2.04. The number of rotatable bonds is 2. The summed E-state index contributed by atoms with van der Waals surface area (Å²) in [5, 5.41) is 4.32. The van der Waals surface area contributed by atoms with Gasteiger partial charge in [0.15, 0.2) is 11.6 Å². The second-order valence-electron chi connectivity index (χ2n) is 3.56. The van der Waals surface area contributed by atoms with Crippen molar-refractivity contribution in [3.05, 3.63) is 27.6 Å². The molecule has 5 heteroatoms. The van der Waals surface area contributed by atoms with Gasteiger partial charge in [-0.2, -0.15) is 5.10 Å². The van der Waals surface area contributed by atoms with Gasteiger partial charge in [-0.05, 0) is 40.8 Å². The van der Waals surface area contributed by atoms with Gasteiger partial charge in [0.05, 0.1) is 0 Å². The van der Waals surface area contributed by atoms with E-state index in [4.69, 9.17) is 5.73 Å². The molecule has 84 valence electrons. The van der Waals surface area contributed by atoms with Crippen LogP contribution in [0.2, 0.25) is 0 Å². The Morgan fingerprint density at radius 3 is 2.81 bits per heavy atom. The Morgan fingerprint density at radius 1 is 1.44 bits per heavy atom. The van der Waals surface area contributed by atoms with E-state index < -0.39 is 0 Å². The Balaban J connectivity index is 2.57. The van der Waals surface area contributed by atoms with E-state index in [9.17, 15) is 0 Å². The zero-order valence-electron chi connectivity index (χ0n) is 9.24. The van der Waals surface area contributed by atoms with E-state index >= 15 is 0 Å². The van der Waals surface area contributed by atoms with Crippen molar-refractivity contribution in [3.63, 3.8) is 0 Å². The lowest BCUT2D eigenvalue weighted by Crippen LogP contribution is -1.98. The molecule has 2 rings (SSSR count). The Hall–Kier alpha value is -1.11. The van der Waals surface area contributed by atoms with E-state index in [1.807, 2.05) is 32.2 Å². The Labute approximate surface area is 108 Å². The fourth-order valence-corrected chi connectivity index (χ4v) is 2.04. The highest BCUT2D eigenvalue weighted by atomic mass is 127. The highest BCUT2D eigenvalue weighted by molar-refractivity contribution is 14.1. The van der Waals surface area contributed by atoms with Gasteiger partial charge in [-0.25, -0.2) is 9.67 Å². The van der Waals surface area contributed by atoms with Crippen molar-refractivity contribution < 1.29 is 0 Å². The van der Waals surface area contributed by atoms with E-state index in [2.05, 4.69) is 32.7 Å². The summed E-state index contributed by atoms with van der Waals surface area (Å²) >= 11 is 2.26. The van der Waals surface area contributed by atoms with Crippen molar-refractivity contribution in [2.75, 3.05) is 5.73 Å². The minimum atomic E-state index is 0.735. The lowest BCUT2D eigenvalue weighted by molar-refractivity contribution is 0.753. The van der Waals surface area contributed by atoms with E-state index in [1.165, 1.54) is 0 Å². The number of anilines is 1. The van der Waals surface area contributed by atoms with Gasteiger partial charge in [0, 0.05) is 28.3 Å². The highest BCUT2D eigenvalue weighted by Gasteiger charge is 2.11. The summed E-state index contributed by atoms with van der Waals surface area (Å²) in [5.41, 5.74) is 7.64. The number of aryl methyl sites for hydroxylation is 2. The molecular formula is C11H13IN4. The van der Waals surface area contributed by atoms with Gasteiger partial charge in [-0.3, -0.25) is 0 Å². The first-order valence-electron chi connectivity index (χ1n) is 5.07. The maximum atomic E-state index is 5.96. The van der Waals surface area contributed by atoms with Crippen LogP contribution >= 0.6 is 22.6 Å². The number of benzene rings is 1. The minimum Gasteiger partial charge on any atom is -0.398 e. The first-order valence-corrected chi connectivity index (χ1v) is 6.15. The van der Waals surface area contributed by atoms with Crippen molar-refractivity contribution in [3.8, 4) is 11.4 Å². The second kappa shape index (κ2) is 4.40. The third kappa shape index (κ3) is 2.04. The predicted octanol–water partition coefficient (Wildman–Crippen LogP) is 2.23. The summed E-state index contributed by atoms with van der Waals surface area (Å²) in [5.74, 6) is 1.67. The summed E-state index contributed by atoms with van der Waals surface area (Å²) in [6, 6.07) is 5.91. The van der Waals surface area contributed by atoms with Gasteiger partial charge < -0.3 is 5.73 Å². The van der Waals surface area contributed by atoms with E-state index in [-0.39, 0.29) is 0 Å². The molecule has 0 saturated carbocycles. The van der Waals surface area contributed by atoms with Crippen molar-refractivity contribution in [2.24, 2.45) is 7.05 Å². The SMILES string of the molecule is CCc1nc(-c2cc(I)ccc2N)n(C)n1. The first-order chi connectivity index (χ1) is 7.61. The standard InChI is InChI=1S/C11H13IN4/c1-3-10-14-11(16(2)15-10)8-6-7(12)4-5-9(8)13/h4-6H,3,13H2,1-2H3. The fourth-order valence-electron chi connectivity index (χ4n) is 1.54. The van der Waals surface area contributed by atoms with Gasteiger partial charge in [0.2, 0.25) is 0 Å². The molecule has 2 N–H and O–H groups in total. The van der Waals surface area contributed by atoms with Crippen molar-refractivity contribution in [1.82, 2.24) is 14.8 Å².